The van der Waals surface area contributed by atoms with Gasteiger partial charge in [-0.2, -0.15) is 50.5 Å². The molecule has 0 spiro atoms. The van der Waals surface area contributed by atoms with E-state index in [4.69, 9.17) is 0 Å². The van der Waals surface area contributed by atoms with E-state index in [2.05, 4.69) is 50.5 Å². The minimum atomic E-state index is -1.17. The summed E-state index contributed by atoms with van der Waals surface area (Å²) in [4.78, 5) is 19.8. The minimum Gasteiger partial charge on any atom is -0.549 e. The van der Waals surface area contributed by atoms with Gasteiger partial charge in [-0.05, 0) is 0 Å². The molecule has 96 valence electrons. The van der Waals surface area contributed by atoms with Crippen LogP contribution in [0.3, 0.4) is 0 Å². The molecule has 0 aromatic carbocycles. The number of carbonyl (C=O) groups excluding carboxylic acids is 2. The van der Waals surface area contributed by atoms with E-state index in [0.29, 0.717) is 0 Å². The standard InChI is InChI=1S/2C4H8O2S2.2Na/c2*1-2(7)3(8)4(5)6;;/h2*2-3,7-8H,1H3,(H,5,6);;/q;;2*+1/p-2. The van der Waals surface area contributed by atoms with E-state index in [-0.39, 0.29) is 69.6 Å². The van der Waals surface area contributed by atoms with Crippen LogP contribution in [0, 0.1) is 0 Å². The molecule has 0 saturated carbocycles. The fourth-order valence-electron chi connectivity index (χ4n) is 0.394. The Hall–Kier alpha value is 2.34. The van der Waals surface area contributed by atoms with Gasteiger partial charge in [-0.25, -0.2) is 0 Å². The van der Waals surface area contributed by atoms with Gasteiger partial charge < -0.3 is 19.8 Å². The molecular weight excluding hydrogens is 334 g/mol. The van der Waals surface area contributed by atoms with Gasteiger partial charge in [-0.1, -0.05) is 13.8 Å². The van der Waals surface area contributed by atoms with E-state index in [9.17, 15) is 19.8 Å². The molecule has 4 atom stereocenters. The van der Waals surface area contributed by atoms with Gasteiger partial charge in [0.05, 0.1) is 22.4 Å². The summed E-state index contributed by atoms with van der Waals surface area (Å²) in [5.74, 6) is -2.34. The first-order valence-corrected chi connectivity index (χ1v) is 6.31. The van der Waals surface area contributed by atoms with Gasteiger partial charge in [-0.3, -0.25) is 0 Å². The normalized spacial score (nSPS) is 15.4. The van der Waals surface area contributed by atoms with Crippen LogP contribution in [0.15, 0.2) is 0 Å². The monoisotopic (exact) mass is 348 g/mol. The fourth-order valence-corrected chi connectivity index (χ4v) is 0.637. The largest absolute Gasteiger partial charge is 1.00 e. The molecule has 0 aromatic heterocycles. The second kappa shape index (κ2) is 15.7. The molecule has 0 rings (SSSR count). The summed E-state index contributed by atoms with van der Waals surface area (Å²) in [7, 11) is 0. The van der Waals surface area contributed by atoms with Crippen molar-refractivity contribution < 1.29 is 78.9 Å². The number of hydrogen-bond acceptors (Lipinski definition) is 8. The van der Waals surface area contributed by atoms with Gasteiger partial charge in [-0.15, -0.1) is 0 Å². The summed E-state index contributed by atoms with van der Waals surface area (Å²) in [5.41, 5.74) is 0. The van der Waals surface area contributed by atoms with Crippen molar-refractivity contribution in [3.05, 3.63) is 0 Å². The molecule has 0 aliphatic rings. The third kappa shape index (κ3) is 16.4. The maximum atomic E-state index is 9.90. The average Bonchev–Trinajstić information content (AvgIpc) is 2.15. The number of hydrogen-bond donors (Lipinski definition) is 4. The summed E-state index contributed by atoms with van der Waals surface area (Å²) >= 11 is 15.0. The Balaban J connectivity index is -0.0000000980. The van der Waals surface area contributed by atoms with Crippen LogP contribution in [0.2, 0.25) is 0 Å². The third-order valence-electron chi connectivity index (χ3n) is 1.40. The van der Waals surface area contributed by atoms with Crippen molar-refractivity contribution in [1.29, 1.82) is 0 Å². The number of carboxylic acids is 2. The molecule has 0 aromatic rings. The number of rotatable bonds is 4. The van der Waals surface area contributed by atoms with Crippen LogP contribution in [0.25, 0.3) is 0 Å². The second-order valence-corrected chi connectivity index (χ2v) is 5.75. The minimum absolute atomic E-state index is 0. The zero-order valence-corrected chi connectivity index (χ0v) is 18.3. The quantitative estimate of drug-likeness (QED) is 0.301. The molecule has 0 N–H and O–H groups in total. The van der Waals surface area contributed by atoms with E-state index in [1.54, 1.807) is 13.8 Å². The zero-order chi connectivity index (χ0) is 13.5. The van der Waals surface area contributed by atoms with E-state index in [1.165, 1.54) is 0 Å². The van der Waals surface area contributed by atoms with Crippen LogP contribution in [0.5, 0.6) is 0 Å². The summed E-state index contributed by atoms with van der Waals surface area (Å²) in [5, 5.41) is 17.8. The second-order valence-electron chi connectivity index (χ2n) is 3.01. The zero-order valence-electron chi connectivity index (χ0n) is 10.7. The fraction of sp³-hybridized carbons (Fsp3) is 0.750. The van der Waals surface area contributed by atoms with Gasteiger partial charge in [0.15, 0.2) is 0 Å². The van der Waals surface area contributed by atoms with Crippen molar-refractivity contribution in [2.45, 2.75) is 34.8 Å². The smallest absolute Gasteiger partial charge is 0.549 e. The first-order chi connectivity index (χ1) is 7.11. The summed E-state index contributed by atoms with van der Waals surface area (Å²) < 4.78 is 0. The summed E-state index contributed by atoms with van der Waals surface area (Å²) in [6.45, 7) is 3.30. The van der Waals surface area contributed by atoms with E-state index < -0.39 is 22.4 Å². The number of carboxylic acid groups (broad SMARTS) is 2. The molecule has 10 heteroatoms. The van der Waals surface area contributed by atoms with Crippen LogP contribution in [0.1, 0.15) is 13.8 Å². The van der Waals surface area contributed by atoms with E-state index in [1.807, 2.05) is 0 Å². The van der Waals surface area contributed by atoms with Crippen LogP contribution in [-0.4, -0.2) is 32.9 Å². The molecule has 0 saturated heterocycles. The first kappa shape index (κ1) is 28.5. The number of aliphatic carboxylic acids is 2. The molecule has 18 heavy (non-hydrogen) atoms. The van der Waals surface area contributed by atoms with Crippen molar-refractivity contribution in [3.63, 3.8) is 0 Å². The molecular formula is C8H14Na2O4S4. The van der Waals surface area contributed by atoms with Gasteiger partial charge in [0.25, 0.3) is 0 Å². The van der Waals surface area contributed by atoms with E-state index >= 15 is 0 Å². The van der Waals surface area contributed by atoms with Crippen LogP contribution >= 0.6 is 50.5 Å². The predicted octanol–water partition coefficient (Wildman–Crippen LogP) is -7.29. The van der Waals surface area contributed by atoms with Gasteiger partial charge in [0.2, 0.25) is 0 Å². The molecule has 0 bridgehead atoms. The Kier molecular flexibility index (Phi) is 24.9. The Labute approximate surface area is 174 Å². The molecule has 0 amide bonds. The average molecular weight is 348 g/mol. The molecule has 0 aliphatic heterocycles. The van der Waals surface area contributed by atoms with Crippen LogP contribution in [-0.2, 0) is 9.59 Å². The SMILES string of the molecule is CC(S)C(S)C(=O)[O-].CC(S)C(S)C(=O)[O-].[Na+].[Na+]. The van der Waals surface area contributed by atoms with Crippen molar-refractivity contribution in [1.82, 2.24) is 0 Å². The Morgan fingerprint density at radius 1 is 0.778 bits per heavy atom. The molecule has 0 aliphatic carbocycles. The number of carbonyl (C=O) groups is 2. The van der Waals surface area contributed by atoms with Crippen molar-refractivity contribution >= 4 is 62.5 Å². The van der Waals surface area contributed by atoms with Crippen LogP contribution in [0.4, 0.5) is 0 Å². The third-order valence-corrected chi connectivity index (χ3v) is 3.78. The van der Waals surface area contributed by atoms with Gasteiger partial charge >= 0.3 is 59.1 Å². The predicted molar refractivity (Wildman–Crippen MR) is 72.5 cm³/mol. The maximum absolute atomic E-state index is 9.90. The molecule has 0 heterocycles. The maximum Gasteiger partial charge on any atom is 1.00 e. The van der Waals surface area contributed by atoms with Gasteiger partial charge in [0, 0.05) is 10.5 Å². The van der Waals surface area contributed by atoms with Gasteiger partial charge in [0.1, 0.15) is 0 Å². The number of thiol groups is 4. The van der Waals surface area contributed by atoms with E-state index in [0.717, 1.165) is 0 Å². The molecule has 0 fully saturated rings. The first-order valence-electron chi connectivity index (χ1n) is 4.25. The topological polar surface area (TPSA) is 80.3 Å². The molecule has 4 unspecified atom stereocenters. The van der Waals surface area contributed by atoms with Crippen molar-refractivity contribution in [2.24, 2.45) is 0 Å². The Morgan fingerprint density at radius 2 is 0.944 bits per heavy atom. The summed E-state index contributed by atoms with van der Waals surface area (Å²) in [6, 6.07) is 0. The van der Waals surface area contributed by atoms with Crippen molar-refractivity contribution in [3.8, 4) is 0 Å². The molecule has 0 radical (unpaired) electrons. The van der Waals surface area contributed by atoms with Crippen molar-refractivity contribution in [2.75, 3.05) is 0 Å². The Morgan fingerprint density at radius 3 is 0.944 bits per heavy atom. The summed E-state index contributed by atoms with van der Waals surface area (Å²) in [6.07, 6.45) is 0. The molecule has 4 nitrogen and oxygen atoms in total. The van der Waals surface area contributed by atoms with Crippen LogP contribution < -0.4 is 69.3 Å². The Bertz CT molecular complexity index is 217.